The highest BCUT2D eigenvalue weighted by atomic mass is 16.3. The van der Waals surface area contributed by atoms with Crippen LogP contribution in [0.4, 0.5) is 0 Å². The summed E-state index contributed by atoms with van der Waals surface area (Å²) in [6.45, 7) is 0. The minimum atomic E-state index is -0.259. The number of hydrogen-bond donors (Lipinski definition) is 1. The topological polar surface area (TPSA) is 46.3 Å². The molecule has 88 valence electrons. The zero-order valence-corrected chi connectivity index (χ0v) is 9.52. The molecule has 3 rings (SSSR count). The van der Waals surface area contributed by atoms with Crippen LogP contribution in [0.5, 0.6) is 5.88 Å². The third-order valence-electron chi connectivity index (χ3n) is 2.80. The number of fused-ring (bicyclic) bond motifs is 1. The number of nitrogens with zero attached hydrogens (tertiary/aromatic N) is 2. The van der Waals surface area contributed by atoms with Crippen molar-refractivity contribution in [3.8, 4) is 11.6 Å². The van der Waals surface area contributed by atoms with Gasteiger partial charge in [-0.2, -0.15) is 8.97 Å². The molecular formula is C14H11N2O2+. The Morgan fingerprint density at radius 2 is 1.72 bits per heavy atom. The summed E-state index contributed by atoms with van der Waals surface area (Å²) in [4.78, 5) is 12.0. The summed E-state index contributed by atoms with van der Waals surface area (Å²) >= 11 is 0. The Kier molecular flexibility index (Phi) is 2.34. The van der Waals surface area contributed by atoms with Gasteiger partial charge in [0, 0.05) is 6.07 Å². The van der Waals surface area contributed by atoms with E-state index in [1.807, 2.05) is 36.4 Å². The zero-order chi connectivity index (χ0) is 12.5. The molecule has 0 aliphatic rings. The molecule has 1 aromatic carbocycles. The highest BCUT2D eigenvalue weighted by Crippen LogP contribution is 2.09. The molecule has 0 bridgehead atoms. The number of aromatic nitrogens is 2. The summed E-state index contributed by atoms with van der Waals surface area (Å²) in [5.41, 5.74) is 1.13. The van der Waals surface area contributed by atoms with Gasteiger partial charge in [-0.1, -0.05) is 24.3 Å². The molecule has 2 aromatic heterocycles. The van der Waals surface area contributed by atoms with Gasteiger partial charge >= 0.3 is 5.56 Å². The predicted molar refractivity (Wildman–Crippen MR) is 66.9 cm³/mol. The van der Waals surface area contributed by atoms with Gasteiger partial charge in [0.25, 0.3) is 11.5 Å². The molecule has 4 heteroatoms. The van der Waals surface area contributed by atoms with Crippen molar-refractivity contribution >= 4 is 5.65 Å². The second-order valence-corrected chi connectivity index (χ2v) is 3.94. The van der Waals surface area contributed by atoms with Crippen LogP contribution in [-0.4, -0.2) is 9.67 Å². The van der Waals surface area contributed by atoms with Gasteiger partial charge in [0.15, 0.2) is 0 Å². The maximum absolute atomic E-state index is 12.0. The molecule has 0 atom stereocenters. The Morgan fingerprint density at radius 3 is 2.50 bits per heavy atom. The molecule has 0 amide bonds. The highest BCUT2D eigenvalue weighted by molar-refractivity contribution is 5.43. The number of benzene rings is 1. The van der Waals surface area contributed by atoms with Crippen LogP contribution >= 0.6 is 0 Å². The van der Waals surface area contributed by atoms with Gasteiger partial charge in [-0.3, -0.25) is 0 Å². The van der Waals surface area contributed by atoms with E-state index >= 15 is 0 Å². The van der Waals surface area contributed by atoms with Crippen molar-refractivity contribution in [2.45, 2.75) is 0 Å². The summed E-state index contributed by atoms with van der Waals surface area (Å²) in [6.07, 6.45) is 1.71. The van der Waals surface area contributed by atoms with Crippen LogP contribution in [0, 0.1) is 0 Å². The van der Waals surface area contributed by atoms with E-state index in [-0.39, 0.29) is 11.4 Å². The highest BCUT2D eigenvalue weighted by Gasteiger charge is 2.16. The van der Waals surface area contributed by atoms with Crippen molar-refractivity contribution in [1.82, 2.24) is 4.57 Å². The summed E-state index contributed by atoms with van der Waals surface area (Å²) in [5, 5.41) is 9.77. The van der Waals surface area contributed by atoms with Crippen molar-refractivity contribution in [1.29, 1.82) is 0 Å². The first-order valence-electron chi connectivity index (χ1n) is 5.58. The molecule has 0 fully saturated rings. The average molecular weight is 239 g/mol. The van der Waals surface area contributed by atoms with E-state index in [0.717, 1.165) is 5.69 Å². The van der Waals surface area contributed by atoms with E-state index in [0.29, 0.717) is 5.65 Å². The van der Waals surface area contributed by atoms with E-state index < -0.39 is 0 Å². The minimum absolute atomic E-state index is 0.0669. The minimum Gasteiger partial charge on any atom is -0.477 e. The van der Waals surface area contributed by atoms with Gasteiger partial charge in [-0.15, -0.1) is 0 Å². The standard InChI is InChI=1S/C14H10N2O2/c17-13-10-14(18)16(11-6-2-1-3-7-11)12-8-4-5-9-15(12)13/h1-10H/p+1. The van der Waals surface area contributed by atoms with Crippen LogP contribution in [0.3, 0.4) is 0 Å². The Balaban J connectivity index is 2.46. The van der Waals surface area contributed by atoms with Crippen molar-refractivity contribution in [2.75, 3.05) is 0 Å². The lowest BCUT2D eigenvalue weighted by molar-refractivity contribution is -0.526. The fourth-order valence-electron chi connectivity index (χ4n) is 2.00. The molecule has 0 unspecified atom stereocenters. The lowest BCUT2D eigenvalue weighted by Crippen LogP contribution is -2.32. The molecule has 0 spiro atoms. The van der Waals surface area contributed by atoms with Gasteiger partial charge in [0.2, 0.25) is 0 Å². The lowest BCUT2D eigenvalue weighted by Gasteiger charge is -2.03. The normalized spacial score (nSPS) is 10.7. The van der Waals surface area contributed by atoms with Gasteiger partial charge < -0.3 is 5.11 Å². The van der Waals surface area contributed by atoms with Crippen LogP contribution in [0.1, 0.15) is 0 Å². The summed E-state index contributed by atoms with van der Waals surface area (Å²) in [5.74, 6) is -0.0669. The fourth-order valence-corrected chi connectivity index (χ4v) is 2.00. The van der Waals surface area contributed by atoms with Crippen molar-refractivity contribution in [3.63, 3.8) is 0 Å². The molecule has 0 saturated carbocycles. The Labute approximate surface area is 103 Å². The van der Waals surface area contributed by atoms with Crippen LogP contribution < -0.4 is 9.96 Å². The van der Waals surface area contributed by atoms with Crippen LogP contribution in [0.25, 0.3) is 11.3 Å². The summed E-state index contributed by atoms with van der Waals surface area (Å²) in [6, 6.07) is 16.0. The second-order valence-electron chi connectivity index (χ2n) is 3.94. The molecule has 4 nitrogen and oxygen atoms in total. The van der Waals surface area contributed by atoms with E-state index in [1.54, 1.807) is 27.3 Å². The van der Waals surface area contributed by atoms with Crippen LogP contribution in [-0.2, 0) is 0 Å². The molecule has 3 aromatic rings. The van der Waals surface area contributed by atoms with Gasteiger partial charge in [-0.25, -0.2) is 4.79 Å². The predicted octanol–water partition coefficient (Wildman–Crippen LogP) is 1.28. The fraction of sp³-hybridized carbons (Fsp3) is 0. The van der Waals surface area contributed by atoms with E-state index in [2.05, 4.69) is 0 Å². The van der Waals surface area contributed by atoms with E-state index in [9.17, 15) is 9.90 Å². The number of rotatable bonds is 1. The van der Waals surface area contributed by atoms with Crippen molar-refractivity contribution in [3.05, 3.63) is 71.1 Å². The third-order valence-corrected chi connectivity index (χ3v) is 2.80. The number of pyridine rings is 1. The molecule has 0 radical (unpaired) electrons. The quantitative estimate of drug-likeness (QED) is 0.650. The van der Waals surface area contributed by atoms with Gasteiger partial charge in [0.05, 0.1) is 6.20 Å². The molecular weight excluding hydrogens is 228 g/mol. The molecule has 0 aliphatic carbocycles. The number of hydrogen-bond acceptors (Lipinski definition) is 2. The summed E-state index contributed by atoms with van der Waals surface area (Å²) < 4.78 is 3.12. The second kappa shape index (κ2) is 4.00. The lowest BCUT2D eigenvalue weighted by atomic mass is 10.3. The van der Waals surface area contributed by atoms with E-state index in [4.69, 9.17) is 0 Å². The maximum Gasteiger partial charge on any atom is 0.346 e. The van der Waals surface area contributed by atoms with Crippen molar-refractivity contribution in [2.24, 2.45) is 0 Å². The number of para-hydroxylation sites is 1. The molecule has 1 N–H and O–H groups in total. The average Bonchev–Trinajstić information content (AvgIpc) is 2.40. The first-order chi connectivity index (χ1) is 8.77. The third kappa shape index (κ3) is 1.55. The van der Waals surface area contributed by atoms with Crippen molar-refractivity contribution < 1.29 is 9.51 Å². The van der Waals surface area contributed by atoms with Gasteiger partial charge in [-0.05, 0) is 18.2 Å². The Hall–Kier alpha value is -2.62. The van der Waals surface area contributed by atoms with E-state index in [1.165, 1.54) is 6.07 Å². The number of aromatic hydroxyl groups is 1. The Morgan fingerprint density at radius 1 is 1.00 bits per heavy atom. The largest absolute Gasteiger partial charge is 0.477 e. The van der Waals surface area contributed by atoms with Crippen LogP contribution in [0.2, 0.25) is 0 Å². The van der Waals surface area contributed by atoms with Gasteiger partial charge in [0.1, 0.15) is 11.8 Å². The molecule has 0 aliphatic heterocycles. The smallest absolute Gasteiger partial charge is 0.346 e. The maximum atomic E-state index is 12.0. The first-order valence-corrected chi connectivity index (χ1v) is 5.58. The zero-order valence-electron chi connectivity index (χ0n) is 9.52. The monoisotopic (exact) mass is 239 g/mol. The SMILES string of the molecule is O=c1cc(O)[n+]2ccccc2n1-c1ccccc1. The first kappa shape index (κ1) is 10.5. The molecule has 18 heavy (non-hydrogen) atoms. The Bertz CT molecular complexity index is 764. The van der Waals surface area contributed by atoms with Crippen LogP contribution in [0.15, 0.2) is 65.6 Å². The molecule has 2 heterocycles. The summed E-state index contributed by atoms with van der Waals surface area (Å²) in [7, 11) is 0. The molecule has 0 saturated heterocycles.